The zero-order valence-electron chi connectivity index (χ0n) is 18.0. The van der Waals surface area contributed by atoms with Crippen molar-refractivity contribution in [2.45, 2.75) is 6.54 Å². The molecule has 10 heteroatoms. The molecule has 0 spiro atoms. The van der Waals surface area contributed by atoms with Gasteiger partial charge in [-0.2, -0.15) is 0 Å². The lowest BCUT2D eigenvalue weighted by atomic mass is 9.99. The van der Waals surface area contributed by atoms with Gasteiger partial charge >= 0.3 is 11.9 Å². The molecular weight excluding hydrogens is 424 g/mol. The highest BCUT2D eigenvalue weighted by Crippen LogP contribution is 2.20. The van der Waals surface area contributed by atoms with E-state index in [2.05, 4.69) is 15.2 Å². The van der Waals surface area contributed by atoms with Gasteiger partial charge in [-0.1, -0.05) is 47.6 Å². The van der Waals surface area contributed by atoms with E-state index in [1.54, 1.807) is 12.1 Å². The number of ether oxygens (including phenoxy) is 1. The molecule has 3 aromatic rings. The van der Waals surface area contributed by atoms with Gasteiger partial charge in [0.1, 0.15) is 5.56 Å². The highest BCUT2D eigenvalue weighted by atomic mass is 16.7. The van der Waals surface area contributed by atoms with Crippen LogP contribution in [0.4, 0.5) is 5.82 Å². The fraction of sp³-hybridized carbons (Fsp3) is 0.217. The standard InChI is InChI=1S/C23H24N6O4/c1-32-22(30)17-12-28(13-17)11-15-7-9-16(10-8-15)20(24)27-33-23(31)19-14-29(26-21(19)25)18-5-3-2-4-6-18/h2-10,14,17H,11-13H2,1H3,(H2,24,27)(H2,25,26). The van der Waals surface area contributed by atoms with Crippen molar-refractivity contribution in [1.82, 2.24) is 14.7 Å². The van der Waals surface area contributed by atoms with Crippen molar-refractivity contribution >= 4 is 23.6 Å². The van der Waals surface area contributed by atoms with E-state index in [0.717, 1.165) is 11.3 Å². The van der Waals surface area contributed by atoms with E-state index in [1.165, 1.54) is 18.0 Å². The molecule has 0 aliphatic carbocycles. The van der Waals surface area contributed by atoms with Crippen molar-refractivity contribution in [2.24, 2.45) is 16.8 Å². The fourth-order valence-electron chi connectivity index (χ4n) is 3.50. The van der Waals surface area contributed by atoms with Crippen LogP contribution < -0.4 is 11.5 Å². The second kappa shape index (κ2) is 9.53. The minimum Gasteiger partial charge on any atom is -0.469 e. The van der Waals surface area contributed by atoms with Gasteiger partial charge in [0.25, 0.3) is 0 Å². The average molecular weight is 448 g/mol. The van der Waals surface area contributed by atoms with Crippen LogP contribution in [0.5, 0.6) is 0 Å². The first-order chi connectivity index (χ1) is 15.9. The number of methoxy groups -OCH3 is 1. The number of amidine groups is 1. The summed E-state index contributed by atoms with van der Waals surface area (Å²) in [5.41, 5.74) is 14.3. The maximum Gasteiger partial charge on any atom is 0.371 e. The summed E-state index contributed by atoms with van der Waals surface area (Å²) in [5, 5.41) is 7.88. The predicted octanol–water partition coefficient (Wildman–Crippen LogP) is 1.54. The molecule has 4 N–H and O–H groups in total. The second-order valence-corrected chi connectivity index (χ2v) is 7.67. The number of nitrogens with two attached hydrogens (primary N) is 2. The van der Waals surface area contributed by atoms with Gasteiger partial charge in [0.2, 0.25) is 0 Å². The third-order valence-electron chi connectivity index (χ3n) is 5.36. The number of aromatic nitrogens is 2. The van der Waals surface area contributed by atoms with Gasteiger partial charge in [-0.3, -0.25) is 9.69 Å². The summed E-state index contributed by atoms with van der Waals surface area (Å²) in [6.07, 6.45) is 1.48. The Kier molecular flexibility index (Phi) is 6.36. The number of nitrogens with zero attached hydrogens (tertiary/aromatic N) is 4. The first kappa shape index (κ1) is 22.0. The summed E-state index contributed by atoms with van der Waals surface area (Å²) in [6.45, 7) is 2.07. The Morgan fingerprint density at radius 1 is 1.12 bits per heavy atom. The van der Waals surface area contributed by atoms with Crippen LogP contribution in [0.1, 0.15) is 21.5 Å². The molecule has 10 nitrogen and oxygen atoms in total. The summed E-state index contributed by atoms with van der Waals surface area (Å²) in [4.78, 5) is 31.0. The van der Waals surface area contributed by atoms with Gasteiger partial charge in [-0.15, -0.1) is 5.10 Å². The van der Waals surface area contributed by atoms with Gasteiger partial charge in [0.15, 0.2) is 11.7 Å². The summed E-state index contributed by atoms with van der Waals surface area (Å²) in [6, 6.07) is 16.7. The van der Waals surface area contributed by atoms with E-state index in [1.807, 2.05) is 42.5 Å². The van der Waals surface area contributed by atoms with E-state index in [4.69, 9.17) is 21.0 Å². The first-order valence-corrected chi connectivity index (χ1v) is 10.3. The van der Waals surface area contributed by atoms with Gasteiger partial charge in [0.05, 0.1) is 18.7 Å². The number of likely N-dealkylation sites (tertiary alicyclic amines) is 1. The van der Waals surface area contributed by atoms with E-state index >= 15 is 0 Å². The van der Waals surface area contributed by atoms with Crippen molar-refractivity contribution in [3.63, 3.8) is 0 Å². The Bertz CT molecular complexity index is 1170. The minimum atomic E-state index is -0.757. The molecule has 0 atom stereocenters. The van der Waals surface area contributed by atoms with Crippen LogP contribution in [-0.2, 0) is 20.9 Å². The number of rotatable bonds is 7. The molecule has 1 aliphatic heterocycles. The van der Waals surface area contributed by atoms with Crippen LogP contribution in [0.2, 0.25) is 0 Å². The van der Waals surface area contributed by atoms with Crippen LogP contribution in [0.25, 0.3) is 5.69 Å². The quantitative estimate of drug-likeness (QED) is 0.182. The Hall–Kier alpha value is -4.18. The molecule has 33 heavy (non-hydrogen) atoms. The SMILES string of the molecule is COC(=O)C1CN(Cc2ccc(/C(N)=N/OC(=O)c3cn(-c4ccccc4)nc3N)cc2)C1. The molecule has 2 aromatic carbocycles. The van der Waals surface area contributed by atoms with Gasteiger partial charge in [-0.05, 0) is 17.7 Å². The maximum absolute atomic E-state index is 12.4. The molecule has 2 heterocycles. The zero-order chi connectivity index (χ0) is 23.4. The largest absolute Gasteiger partial charge is 0.469 e. The summed E-state index contributed by atoms with van der Waals surface area (Å²) < 4.78 is 6.24. The van der Waals surface area contributed by atoms with Crippen molar-refractivity contribution in [2.75, 3.05) is 25.9 Å². The molecule has 170 valence electrons. The van der Waals surface area contributed by atoms with E-state index in [-0.39, 0.29) is 29.1 Å². The summed E-state index contributed by atoms with van der Waals surface area (Å²) >= 11 is 0. The topological polar surface area (TPSA) is 138 Å². The molecule has 4 rings (SSSR count). The van der Waals surface area contributed by atoms with E-state index in [9.17, 15) is 9.59 Å². The number of benzene rings is 2. The lowest BCUT2D eigenvalue weighted by Crippen LogP contribution is -2.49. The van der Waals surface area contributed by atoms with Crippen LogP contribution in [-0.4, -0.2) is 52.7 Å². The van der Waals surface area contributed by atoms with E-state index < -0.39 is 5.97 Å². The van der Waals surface area contributed by atoms with Crippen LogP contribution in [0.15, 0.2) is 65.9 Å². The highest BCUT2D eigenvalue weighted by Gasteiger charge is 2.33. The van der Waals surface area contributed by atoms with Gasteiger partial charge < -0.3 is 21.0 Å². The third-order valence-corrected chi connectivity index (χ3v) is 5.36. The predicted molar refractivity (Wildman–Crippen MR) is 121 cm³/mol. The number of hydrogen-bond acceptors (Lipinski definition) is 8. The van der Waals surface area contributed by atoms with E-state index in [0.29, 0.717) is 25.2 Å². The number of anilines is 1. The molecule has 0 amide bonds. The van der Waals surface area contributed by atoms with Gasteiger partial charge in [0, 0.05) is 31.4 Å². The molecule has 0 radical (unpaired) electrons. The van der Waals surface area contributed by atoms with Crippen LogP contribution in [0.3, 0.4) is 0 Å². The zero-order valence-corrected chi connectivity index (χ0v) is 18.0. The lowest BCUT2D eigenvalue weighted by molar-refractivity contribution is -0.151. The molecule has 1 saturated heterocycles. The fourth-order valence-corrected chi connectivity index (χ4v) is 3.50. The van der Waals surface area contributed by atoms with Crippen LogP contribution >= 0.6 is 0 Å². The minimum absolute atomic E-state index is 0.0300. The maximum atomic E-state index is 12.4. The molecule has 0 bridgehead atoms. The summed E-state index contributed by atoms with van der Waals surface area (Å²) in [5.74, 6) is -0.900. The molecule has 0 saturated carbocycles. The number of carbonyl (C=O) groups excluding carboxylic acids is 2. The number of para-hydroxylation sites is 1. The second-order valence-electron chi connectivity index (χ2n) is 7.67. The molecule has 1 aliphatic rings. The highest BCUT2D eigenvalue weighted by molar-refractivity contribution is 5.99. The molecule has 0 unspecified atom stereocenters. The Balaban J connectivity index is 1.34. The lowest BCUT2D eigenvalue weighted by Gasteiger charge is -2.37. The number of hydrogen-bond donors (Lipinski definition) is 2. The van der Waals surface area contributed by atoms with Crippen molar-refractivity contribution < 1.29 is 19.2 Å². The smallest absolute Gasteiger partial charge is 0.371 e. The number of esters is 1. The average Bonchev–Trinajstić information content (AvgIpc) is 3.21. The van der Waals surface area contributed by atoms with Crippen molar-refractivity contribution in [3.8, 4) is 5.69 Å². The molecular formula is C23H24N6O4. The first-order valence-electron chi connectivity index (χ1n) is 10.3. The molecule has 1 fully saturated rings. The Morgan fingerprint density at radius 2 is 1.82 bits per heavy atom. The van der Waals surface area contributed by atoms with Gasteiger partial charge in [-0.25, -0.2) is 9.48 Å². The normalized spacial score (nSPS) is 14.5. The molecule has 1 aromatic heterocycles. The number of nitrogen functional groups attached to an aromatic ring is 1. The summed E-state index contributed by atoms with van der Waals surface area (Å²) in [7, 11) is 1.40. The van der Waals surface area contributed by atoms with Crippen molar-refractivity contribution in [3.05, 3.63) is 77.5 Å². The Labute approximate surface area is 190 Å². The number of oxime groups is 1. The van der Waals surface area contributed by atoms with Crippen molar-refractivity contribution in [1.29, 1.82) is 0 Å². The third kappa shape index (κ3) is 5.01. The number of carbonyl (C=O) groups is 2. The Morgan fingerprint density at radius 3 is 2.48 bits per heavy atom. The van der Waals surface area contributed by atoms with Crippen LogP contribution in [0, 0.1) is 5.92 Å². The monoisotopic (exact) mass is 448 g/mol.